The summed E-state index contributed by atoms with van der Waals surface area (Å²) in [5, 5.41) is 24.3. The molecule has 1 amide bonds. The van der Waals surface area contributed by atoms with E-state index in [2.05, 4.69) is 0 Å². The van der Waals surface area contributed by atoms with Crippen molar-refractivity contribution >= 4 is 34.4 Å². The quantitative estimate of drug-likeness (QED) is 0.518. The second-order valence-electron chi connectivity index (χ2n) is 7.52. The third-order valence-corrected chi connectivity index (χ3v) is 7.21. The van der Waals surface area contributed by atoms with Crippen molar-refractivity contribution in [1.29, 1.82) is 0 Å². The van der Waals surface area contributed by atoms with Crippen LogP contribution in [0, 0.1) is 0 Å². The summed E-state index contributed by atoms with van der Waals surface area (Å²) >= 11 is 2.86. The highest BCUT2D eigenvalue weighted by Gasteiger charge is 2.45. The first-order valence-electron chi connectivity index (χ1n) is 9.69. The van der Waals surface area contributed by atoms with E-state index in [9.17, 15) is 19.8 Å². The topological polar surface area (TPSA) is 81.1 Å². The van der Waals surface area contributed by atoms with Crippen LogP contribution in [0.15, 0.2) is 70.6 Å². The smallest absolute Gasteiger partial charge is 0.290 e. The van der Waals surface area contributed by atoms with Crippen molar-refractivity contribution in [3.63, 3.8) is 0 Å². The number of hydrogen-bond acceptors (Lipinski definition) is 7. The molecule has 2 N–H and O–H groups in total. The Morgan fingerprint density at radius 3 is 2.32 bits per heavy atom. The first-order valence-corrected chi connectivity index (χ1v) is 11.5. The van der Waals surface area contributed by atoms with Gasteiger partial charge in [-0.3, -0.25) is 9.59 Å². The van der Waals surface area contributed by atoms with Crippen LogP contribution in [0.3, 0.4) is 0 Å². The molecule has 0 bridgehead atoms. The lowest BCUT2D eigenvalue weighted by molar-refractivity contribution is -0.130. The van der Waals surface area contributed by atoms with Crippen molar-refractivity contribution in [1.82, 2.24) is 9.80 Å². The molecule has 8 heteroatoms. The lowest BCUT2D eigenvalue weighted by atomic mass is 9.95. The van der Waals surface area contributed by atoms with Gasteiger partial charge in [-0.25, -0.2) is 0 Å². The molecule has 3 heterocycles. The Kier molecular flexibility index (Phi) is 5.95. The monoisotopic (exact) mass is 454 g/mol. The fraction of sp³-hybridized carbons (Fsp3) is 0.217. The number of nitrogens with zero attached hydrogens (tertiary/aromatic N) is 2. The van der Waals surface area contributed by atoms with Gasteiger partial charge in [-0.1, -0.05) is 24.3 Å². The van der Waals surface area contributed by atoms with Crippen molar-refractivity contribution in [2.75, 3.05) is 20.6 Å². The molecular weight excluding hydrogens is 432 g/mol. The molecule has 1 aromatic carbocycles. The fourth-order valence-corrected chi connectivity index (χ4v) is 5.38. The molecular formula is C23H22N2O4S2. The van der Waals surface area contributed by atoms with Crippen LogP contribution in [-0.4, -0.2) is 52.3 Å². The molecule has 160 valence electrons. The van der Waals surface area contributed by atoms with E-state index in [1.807, 2.05) is 36.5 Å². The number of aliphatic hydroxyl groups excluding tert-OH is 1. The van der Waals surface area contributed by atoms with Crippen LogP contribution in [0.2, 0.25) is 0 Å². The van der Waals surface area contributed by atoms with Gasteiger partial charge in [0.15, 0.2) is 5.76 Å². The molecule has 0 saturated carbocycles. The minimum absolute atomic E-state index is 0.0711. The predicted molar refractivity (Wildman–Crippen MR) is 122 cm³/mol. The van der Waals surface area contributed by atoms with E-state index in [4.69, 9.17) is 0 Å². The van der Waals surface area contributed by atoms with Crippen molar-refractivity contribution < 1.29 is 19.8 Å². The zero-order chi connectivity index (χ0) is 22.1. The summed E-state index contributed by atoms with van der Waals surface area (Å²) in [6, 6.07) is 13.0. The van der Waals surface area contributed by atoms with Gasteiger partial charge < -0.3 is 20.0 Å². The molecule has 0 unspecified atom stereocenters. The molecule has 0 radical (unpaired) electrons. The van der Waals surface area contributed by atoms with Gasteiger partial charge >= 0.3 is 0 Å². The molecule has 2 atom stereocenters. The summed E-state index contributed by atoms with van der Waals surface area (Å²) in [5.74, 6) is -1.36. The molecule has 1 aliphatic heterocycles. The Morgan fingerprint density at radius 2 is 1.74 bits per heavy atom. The third-order valence-electron chi connectivity index (χ3n) is 5.37. The molecule has 0 aliphatic carbocycles. The average molecular weight is 455 g/mol. The number of rotatable bonds is 7. The standard InChI is InChI=1S/C23H22N2O4S2/c1-24(2)16(17-5-3-11-30-17)13-25-20(14-7-9-15(26)10-8-14)19(22(28)23(25)29)21(27)18-6-4-12-31-18/h3-12,16,20,26,28H,13H2,1-2H3/t16-,20-/m1/s1. The van der Waals surface area contributed by atoms with E-state index in [0.717, 1.165) is 4.88 Å². The Morgan fingerprint density at radius 1 is 1.06 bits per heavy atom. The third kappa shape index (κ3) is 4.01. The number of phenolic OH excluding ortho intramolecular Hbond substituents is 1. The van der Waals surface area contributed by atoms with Gasteiger partial charge in [-0.15, -0.1) is 22.7 Å². The number of carbonyl (C=O) groups excluding carboxylic acids is 2. The SMILES string of the molecule is CN(C)[C@H](CN1C(=O)C(O)=C(C(=O)c2cccs2)[C@H]1c1ccc(O)cc1)c1cccs1. The Bertz CT molecular complexity index is 1100. The first-order chi connectivity index (χ1) is 14.9. The average Bonchev–Trinajstić information content (AvgIpc) is 3.50. The van der Waals surface area contributed by atoms with Gasteiger partial charge in [-0.05, 0) is 54.7 Å². The van der Waals surface area contributed by atoms with Gasteiger partial charge in [0.2, 0.25) is 5.78 Å². The number of carbonyl (C=O) groups is 2. The van der Waals surface area contributed by atoms with Crippen molar-refractivity contribution in [3.05, 3.63) is 85.9 Å². The molecule has 4 rings (SSSR count). The Hall–Kier alpha value is -2.94. The van der Waals surface area contributed by atoms with Crippen LogP contribution in [0.5, 0.6) is 5.75 Å². The van der Waals surface area contributed by atoms with Gasteiger partial charge in [0.25, 0.3) is 5.91 Å². The largest absolute Gasteiger partial charge is 0.508 e. The van der Waals surface area contributed by atoms with E-state index in [-0.39, 0.29) is 23.1 Å². The Labute approximate surface area is 188 Å². The number of amides is 1. The summed E-state index contributed by atoms with van der Waals surface area (Å²) in [6.45, 7) is 0.295. The van der Waals surface area contributed by atoms with Crippen molar-refractivity contribution in [2.45, 2.75) is 12.1 Å². The fourth-order valence-electron chi connectivity index (χ4n) is 3.79. The van der Waals surface area contributed by atoms with Crippen LogP contribution in [0.4, 0.5) is 0 Å². The van der Waals surface area contributed by atoms with Crippen LogP contribution in [0.25, 0.3) is 0 Å². The van der Waals surface area contributed by atoms with Crippen LogP contribution >= 0.6 is 22.7 Å². The van der Waals surface area contributed by atoms with E-state index in [1.54, 1.807) is 45.9 Å². The number of likely N-dealkylation sites (N-methyl/N-ethyl adjacent to an activating group) is 1. The second-order valence-corrected chi connectivity index (χ2v) is 9.44. The van der Waals surface area contributed by atoms with Crippen LogP contribution < -0.4 is 0 Å². The number of benzene rings is 1. The highest BCUT2D eigenvalue weighted by molar-refractivity contribution is 7.12. The number of phenols is 1. The number of thiophene rings is 2. The van der Waals surface area contributed by atoms with E-state index in [0.29, 0.717) is 17.0 Å². The zero-order valence-electron chi connectivity index (χ0n) is 17.1. The number of hydrogen-bond donors (Lipinski definition) is 2. The lowest BCUT2D eigenvalue weighted by Crippen LogP contribution is -2.38. The maximum Gasteiger partial charge on any atom is 0.290 e. The predicted octanol–water partition coefficient (Wildman–Crippen LogP) is 4.40. The molecule has 31 heavy (non-hydrogen) atoms. The molecule has 0 spiro atoms. The summed E-state index contributed by atoms with van der Waals surface area (Å²) in [4.78, 5) is 31.5. The van der Waals surface area contributed by atoms with E-state index >= 15 is 0 Å². The minimum Gasteiger partial charge on any atom is -0.508 e. The molecule has 2 aromatic heterocycles. The zero-order valence-corrected chi connectivity index (χ0v) is 18.7. The molecule has 3 aromatic rings. The lowest BCUT2D eigenvalue weighted by Gasteiger charge is -2.33. The number of aliphatic hydroxyl groups is 1. The number of Topliss-reactive ketones (excluding diaryl/α,β-unsaturated/α-hetero) is 1. The van der Waals surface area contributed by atoms with E-state index < -0.39 is 17.7 Å². The molecule has 0 saturated heterocycles. The summed E-state index contributed by atoms with van der Waals surface area (Å²) in [6.07, 6.45) is 0. The maximum atomic E-state index is 13.3. The normalized spacial score (nSPS) is 17.6. The van der Waals surface area contributed by atoms with Gasteiger partial charge in [-0.2, -0.15) is 0 Å². The highest BCUT2D eigenvalue weighted by Crippen LogP contribution is 2.41. The maximum absolute atomic E-state index is 13.3. The highest BCUT2D eigenvalue weighted by atomic mass is 32.1. The number of aromatic hydroxyl groups is 1. The second kappa shape index (κ2) is 8.66. The van der Waals surface area contributed by atoms with Crippen LogP contribution in [0.1, 0.15) is 32.2 Å². The van der Waals surface area contributed by atoms with Gasteiger partial charge in [0.05, 0.1) is 22.5 Å². The molecule has 0 fully saturated rings. The van der Waals surface area contributed by atoms with Gasteiger partial charge in [0.1, 0.15) is 5.75 Å². The number of ketones is 1. The molecule has 6 nitrogen and oxygen atoms in total. The van der Waals surface area contributed by atoms with Crippen molar-refractivity contribution in [3.8, 4) is 5.75 Å². The summed E-state index contributed by atoms with van der Waals surface area (Å²) in [7, 11) is 3.87. The van der Waals surface area contributed by atoms with Gasteiger partial charge in [0, 0.05) is 11.4 Å². The summed E-state index contributed by atoms with van der Waals surface area (Å²) in [5.41, 5.74) is 0.723. The van der Waals surface area contributed by atoms with Crippen molar-refractivity contribution in [2.24, 2.45) is 0 Å². The minimum atomic E-state index is -0.745. The Balaban J connectivity index is 1.78. The summed E-state index contributed by atoms with van der Waals surface area (Å²) < 4.78 is 0. The molecule has 1 aliphatic rings. The first kappa shape index (κ1) is 21.3. The van der Waals surface area contributed by atoms with Crippen LogP contribution in [-0.2, 0) is 4.79 Å². The van der Waals surface area contributed by atoms with E-state index in [1.165, 1.54) is 23.5 Å².